The number of aromatic carboxylic acids is 1. The number of benzene rings is 1. The van der Waals surface area contributed by atoms with Gasteiger partial charge in [0.25, 0.3) is 0 Å². The molecule has 1 aromatic heterocycles. The second-order valence-electron chi connectivity index (χ2n) is 4.96. The lowest BCUT2D eigenvalue weighted by molar-refractivity contribution is 0.0697. The van der Waals surface area contributed by atoms with E-state index >= 15 is 0 Å². The Labute approximate surface area is 128 Å². The van der Waals surface area contributed by atoms with Crippen molar-refractivity contribution < 1.29 is 14.3 Å². The normalized spacial score (nSPS) is 10.6. The number of unbranched alkanes of at least 4 members (excludes halogenated alkanes) is 2. The van der Waals surface area contributed by atoms with Crippen molar-refractivity contribution in [1.29, 1.82) is 0 Å². The first kappa shape index (κ1) is 16.0. The molecule has 22 heavy (non-hydrogen) atoms. The number of aromatic nitrogens is 2. The minimum Gasteiger partial charge on any atom is -0.478 e. The van der Waals surface area contributed by atoms with Gasteiger partial charge in [-0.05, 0) is 37.1 Å². The highest BCUT2D eigenvalue weighted by Crippen LogP contribution is 2.11. The largest absolute Gasteiger partial charge is 0.478 e. The van der Waals surface area contributed by atoms with Crippen molar-refractivity contribution in [2.45, 2.75) is 32.2 Å². The summed E-state index contributed by atoms with van der Waals surface area (Å²) < 4.78 is 5.49. The minimum atomic E-state index is -0.935. The highest BCUT2D eigenvalue weighted by molar-refractivity contribution is 5.87. The van der Waals surface area contributed by atoms with Gasteiger partial charge in [0.2, 0.25) is 5.89 Å². The van der Waals surface area contributed by atoms with Crippen LogP contribution in [0.25, 0.3) is 0 Å². The van der Waals surface area contributed by atoms with E-state index in [1.165, 1.54) is 0 Å². The fourth-order valence-electron chi connectivity index (χ4n) is 1.97. The quantitative estimate of drug-likeness (QED) is 0.607. The summed E-state index contributed by atoms with van der Waals surface area (Å²) in [6.07, 6.45) is 3.79. The Kier molecular flexibility index (Phi) is 5.91. The number of nitrogens with zero attached hydrogens (tertiary/aromatic N) is 2. The third kappa shape index (κ3) is 4.85. The fraction of sp³-hybridized carbons (Fsp3) is 0.400. The summed E-state index contributed by atoms with van der Waals surface area (Å²) in [5.41, 5.74) is 6.64. The molecular formula is C15H20N4O3. The lowest BCUT2D eigenvalue weighted by Gasteiger charge is -2.02. The van der Waals surface area contributed by atoms with E-state index in [1.807, 2.05) is 0 Å². The first-order valence-corrected chi connectivity index (χ1v) is 7.27. The van der Waals surface area contributed by atoms with Crippen molar-refractivity contribution in [2.75, 3.05) is 11.9 Å². The highest BCUT2D eigenvalue weighted by atomic mass is 16.4. The smallest absolute Gasteiger partial charge is 0.335 e. The van der Waals surface area contributed by atoms with Gasteiger partial charge in [-0.15, -0.1) is 5.10 Å². The lowest BCUT2D eigenvalue weighted by atomic mass is 10.1. The summed E-state index contributed by atoms with van der Waals surface area (Å²) in [4.78, 5) is 10.8. The van der Waals surface area contributed by atoms with E-state index in [4.69, 9.17) is 15.3 Å². The number of rotatable bonds is 9. The molecule has 0 fully saturated rings. The van der Waals surface area contributed by atoms with Gasteiger partial charge in [-0.25, -0.2) is 4.79 Å². The SMILES string of the molecule is NCCCCCc1nnc(NCc2ccc(C(=O)O)cc2)o1. The molecule has 0 saturated heterocycles. The van der Waals surface area contributed by atoms with Crippen LogP contribution < -0.4 is 11.1 Å². The summed E-state index contributed by atoms with van der Waals surface area (Å²) in [6.45, 7) is 1.20. The van der Waals surface area contributed by atoms with Crippen LogP contribution in [-0.2, 0) is 13.0 Å². The number of hydrogen-bond acceptors (Lipinski definition) is 6. The molecule has 0 unspecified atom stereocenters. The third-order valence-electron chi connectivity index (χ3n) is 3.21. The minimum absolute atomic E-state index is 0.265. The maximum absolute atomic E-state index is 10.8. The van der Waals surface area contributed by atoms with Gasteiger partial charge < -0.3 is 20.6 Å². The van der Waals surface area contributed by atoms with Crippen LogP contribution in [0.3, 0.4) is 0 Å². The first-order valence-electron chi connectivity index (χ1n) is 7.27. The molecule has 0 radical (unpaired) electrons. The van der Waals surface area contributed by atoms with Gasteiger partial charge in [0, 0.05) is 13.0 Å². The summed E-state index contributed by atoms with van der Waals surface area (Å²) in [7, 11) is 0. The molecular weight excluding hydrogens is 284 g/mol. The molecule has 0 aliphatic carbocycles. The summed E-state index contributed by atoms with van der Waals surface area (Å²) in [5.74, 6) is -0.323. The molecule has 0 aliphatic heterocycles. The van der Waals surface area contributed by atoms with Crippen molar-refractivity contribution in [2.24, 2.45) is 5.73 Å². The molecule has 0 bridgehead atoms. The molecule has 0 aliphatic rings. The van der Waals surface area contributed by atoms with Crippen molar-refractivity contribution >= 4 is 12.0 Å². The number of carboxylic acids is 1. The second kappa shape index (κ2) is 8.14. The number of carboxylic acid groups (broad SMARTS) is 1. The van der Waals surface area contributed by atoms with Crippen molar-refractivity contribution in [3.05, 3.63) is 41.3 Å². The zero-order chi connectivity index (χ0) is 15.8. The standard InChI is InChI=1S/C15H20N4O3/c16-9-3-1-2-4-13-18-19-15(22-13)17-10-11-5-7-12(8-6-11)14(20)21/h5-8H,1-4,9-10,16H2,(H,17,19)(H,20,21). The maximum Gasteiger partial charge on any atom is 0.335 e. The fourth-order valence-corrected chi connectivity index (χ4v) is 1.97. The Morgan fingerprint density at radius 1 is 1.18 bits per heavy atom. The zero-order valence-electron chi connectivity index (χ0n) is 12.3. The summed E-state index contributed by atoms with van der Waals surface area (Å²) >= 11 is 0. The average Bonchev–Trinajstić information content (AvgIpc) is 2.98. The Balaban J connectivity index is 1.79. The molecule has 2 rings (SSSR count). The van der Waals surface area contributed by atoms with Crippen LogP contribution >= 0.6 is 0 Å². The maximum atomic E-state index is 10.8. The van der Waals surface area contributed by atoms with E-state index in [0.29, 0.717) is 25.0 Å². The Bertz CT molecular complexity index is 595. The van der Waals surface area contributed by atoms with Crippen LogP contribution in [0.4, 0.5) is 6.01 Å². The second-order valence-corrected chi connectivity index (χ2v) is 4.96. The number of anilines is 1. The van der Waals surface area contributed by atoms with Gasteiger partial charge >= 0.3 is 12.0 Å². The molecule has 0 spiro atoms. The molecule has 0 amide bonds. The predicted molar refractivity (Wildman–Crippen MR) is 81.6 cm³/mol. The lowest BCUT2D eigenvalue weighted by Crippen LogP contribution is -2.01. The van der Waals surface area contributed by atoms with E-state index < -0.39 is 5.97 Å². The van der Waals surface area contributed by atoms with E-state index in [-0.39, 0.29) is 5.56 Å². The van der Waals surface area contributed by atoms with Gasteiger partial charge in [0.15, 0.2) is 0 Å². The van der Waals surface area contributed by atoms with Crippen LogP contribution in [0, 0.1) is 0 Å². The van der Waals surface area contributed by atoms with Crippen molar-refractivity contribution in [3.63, 3.8) is 0 Å². The topological polar surface area (TPSA) is 114 Å². The van der Waals surface area contributed by atoms with Crippen LogP contribution in [0.15, 0.2) is 28.7 Å². The molecule has 118 valence electrons. The number of hydrogen-bond donors (Lipinski definition) is 3. The number of carbonyl (C=O) groups is 1. The Morgan fingerprint density at radius 3 is 2.64 bits per heavy atom. The molecule has 7 nitrogen and oxygen atoms in total. The van der Waals surface area contributed by atoms with Crippen molar-refractivity contribution in [3.8, 4) is 0 Å². The Morgan fingerprint density at radius 2 is 1.95 bits per heavy atom. The monoisotopic (exact) mass is 304 g/mol. The third-order valence-corrected chi connectivity index (χ3v) is 3.21. The molecule has 7 heteroatoms. The van der Waals surface area contributed by atoms with Crippen LogP contribution in [0.5, 0.6) is 0 Å². The van der Waals surface area contributed by atoms with E-state index in [2.05, 4.69) is 15.5 Å². The number of nitrogens with one attached hydrogen (secondary N) is 1. The van der Waals surface area contributed by atoms with E-state index in [9.17, 15) is 4.79 Å². The molecule has 0 saturated carbocycles. The van der Waals surface area contributed by atoms with Crippen LogP contribution in [-0.4, -0.2) is 27.8 Å². The van der Waals surface area contributed by atoms with Gasteiger partial charge in [0.05, 0.1) is 5.56 Å². The first-order chi connectivity index (χ1) is 10.7. The van der Waals surface area contributed by atoms with Crippen LogP contribution in [0.2, 0.25) is 0 Å². The molecule has 2 aromatic rings. The predicted octanol–water partition coefficient (Wildman–Crippen LogP) is 2.05. The van der Waals surface area contributed by atoms with Gasteiger partial charge in [-0.2, -0.15) is 0 Å². The van der Waals surface area contributed by atoms with E-state index in [0.717, 1.165) is 31.2 Å². The summed E-state index contributed by atoms with van der Waals surface area (Å²) in [5, 5.41) is 19.8. The van der Waals surface area contributed by atoms with Gasteiger partial charge in [-0.3, -0.25) is 0 Å². The zero-order valence-corrected chi connectivity index (χ0v) is 12.3. The number of aryl methyl sites for hydroxylation is 1. The van der Waals surface area contributed by atoms with Crippen molar-refractivity contribution in [1.82, 2.24) is 10.2 Å². The number of nitrogens with two attached hydrogens (primary N) is 1. The van der Waals surface area contributed by atoms with Gasteiger partial charge in [0.1, 0.15) is 0 Å². The average molecular weight is 304 g/mol. The molecule has 4 N–H and O–H groups in total. The molecule has 1 aromatic carbocycles. The highest BCUT2D eigenvalue weighted by Gasteiger charge is 2.06. The molecule has 0 atom stereocenters. The summed E-state index contributed by atoms with van der Waals surface area (Å²) in [6, 6.07) is 7.00. The van der Waals surface area contributed by atoms with Gasteiger partial charge in [-0.1, -0.05) is 23.7 Å². The van der Waals surface area contributed by atoms with Crippen LogP contribution in [0.1, 0.15) is 41.1 Å². The molecule has 1 heterocycles. The Hall–Kier alpha value is -2.41. The van der Waals surface area contributed by atoms with E-state index in [1.54, 1.807) is 24.3 Å².